The number of ether oxygens (including phenoxy) is 1. The van der Waals surface area contributed by atoms with E-state index in [0.717, 1.165) is 38.1 Å². The van der Waals surface area contributed by atoms with Crippen LogP contribution in [0.4, 0.5) is 0 Å². The van der Waals surface area contributed by atoms with Gasteiger partial charge in [-0.1, -0.05) is 25.1 Å². The Morgan fingerprint density at radius 2 is 2.00 bits per heavy atom. The van der Waals surface area contributed by atoms with Crippen LogP contribution in [0.5, 0.6) is 5.75 Å². The summed E-state index contributed by atoms with van der Waals surface area (Å²) < 4.78 is 5.63. The monoisotopic (exact) mass is 312 g/mol. The van der Waals surface area contributed by atoms with Gasteiger partial charge in [-0.2, -0.15) is 0 Å². The summed E-state index contributed by atoms with van der Waals surface area (Å²) in [5.74, 6) is 1.00. The smallest absolute Gasteiger partial charge is 0.223 e. The molecule has 1 aromatic rings. The molecule has 21 heavy (non-hydrogen) atoms. The summed E-state index contributed by atoms with van der Waals surface area (Å²) in [5, 5.41) is 6.43. The first-order valence-electron chi connectivity index (χ1n) is 7.44. The first kappa shape index (κ1) is 17.8. The zero-order valence-electron chi connectivity index (χ0n) is 12.5. The van der Waals surface area contributed by atoms with E-state index in [1.807, 2.05) is 37.3 Å². The predicted octanol–water partition coefficient (Wildman–Crippen LogP) is 2.38. The highest BCUT2D eigenvalue weighted by atomic mass is 35.5. The number of carbonyl (C=O) groups excluding carboxylic acids is 1. The van der Waals surface area contributed by atoms with E-state index in [4.69, 9.17) is 4.74 Å². The molecule has 1 aromatic carbocycles. The molecule has 0 aromatic heterocycles. The number of piperidine rings is 1. The van der Waals surface area contributed by atoms with Gasteiger partial charge in [-0.25, -0.2) is 0 Å². The number of carbonyl (C=O) groups is 1. The topological polar surface area (TPSA) is 50.4 Å². The van der Waals surface area contributed by atoms with Gasteiger partial charge in [-0.15, -0.1) is 12.4 Å². The van der Waals surface area contributed by atoms with Crippen LogP contribution in [0.2, 0.25) is 0 Å². The van der Waals surface area contributed by atoms with Gasteiger partial charge in [0.1, 0.15) is 5.75 Å². The molecule has 0 spiro atoms. The van der Waals surface area contributed by atoms with E-state index in [9.17, 15) is 4.79 Å². The predicted molar refractivity (Wildman–Crippen MR) is 87.0 cm³/mol. The van der Waals surface area contributed by atoms with Crippen LogP contribution in [0.1, 0.15) is 26.2 Å². The van der Waals surface area contributed by atoms with Gasteiger partial charge in [-0.05, 0) is 44.5 Å². The Labute approximate surface area is 133 Å². The summed E-state index contributed by atoms with van der Waals surface area (Å²) in [5.41, 5.74) is 0. The molecule has 1 amide bonds. The molecule has 1 unspecified atom stereocenters. The van der Waals surface area contributed by atoms with Crippen LogP contribution in [0.15, 0.2) is 30.3 Å². The molecule has 0 radical (unpaired) electrons. The van der Waals surface area contributed by atoms with E-state index in [1.54, 1.807) is 0 Å². The summed E-state index contributed by atoms with van der Waals surface area (Å²) in [6.07, 6.45) is 2.80. The van der Waals surface area contributed by atoms with E-state index in [-0.39, 0.29) is 24.2 Å². The second-order valence-electron chi connectivity index (χ2n) is 5.38. The average Bonchev–Trinajstić information content (AvgIpc) is 2.49. The molecule has 1 saturated heterocycles. The third kappa shape index (κ3) is 6.36. The minimum Gasteiger partial charge on any atom is -0.494 e. The number of halogens is 1. The fourth-order valence-electron chi connectivity index (χ4n) is 2.31. The van der Waals surface area contributed by atoms with Crippen molar-refractivity contribution in [1.82, 2.24) is 10.6 Å². The summed E-state index contributed by atoms with van der Waals surface area (Å²) in [6.45, 7) is 4.53. The molecular formula is C16H25ClN2O2. The lowest BCUT2D eigenvalue weighted by atomic mass is 10.0. The summed E-state index contributed by atoms with van der Waals surface area (Å²) >= 11 is 0. The van der Waals surface area contributed by atoms with Crippen molar-refractivity contribution >= 4 is 18.3 Å². The molecule has 0 aliphatic carbocycles. The largest absolute Gasteiger partial charge is 0.494 e. The molecule has 0 bridgehead atoms. The average molecular weight is 313 g/mol. The Balaban J connectivity index is 0.00000220. The molecule has 1 heterocycles. The van der Waals surface area contributed by atoms with Gasteiger partial charge in [0.15, 0.2) is 0 Å². The second-order valence-corrected chi connectivity index (χ2v) is 5.38. The first-order valence-corrected chi connectivity index (χ1v) is 7.44. The van der Waals surface area contributed by atoms with Crippen molar-refractivity contribution in [2.75, 3.05) is 19.7 Å². The quantitative estimate of drug-likeness (QED) is 0.848. The van der Waals surface area contributed by atoms with Crippen LogP contribution in [-0.2, 0) is 4.79 Å². The zero-order chi connectivity index (χ0) is 14.2. The second kappa shape index (κ2) is 9.64. The Bertz CT molecular complexity index is 408. The van der Waals surface area contributed by atoms with Gasteiger partial charge in [0.25, 0.3) is 0 Å². The number of benzene rings is 1. The Morgan fingerprint density at radius 3 is 2.67 bits per heavy atom. The highest BCUT2D eigenvalue weighted by Crippen LogP contribution is 2.11. The molecule has 5 heteroatoms. The van der Waals surface area contributed by atoms with Gasteiger partial charge in [0, 0.05) is 12.0 Å². The van der Waals surface area contributed by atoms with Gasteiger partial charge in [-0.3, -0.25) is 4.79 Å². The van der Waals surface area contributed by atoms with E-state index >= 15 is 0 Å². The highest BCUT2D eigenvalue weighted by Gasteiger charge is 2.19. The van der Waals surface area contributed by atoms with Crippen molar-refractivity contribution < 1.29 is 9.53 Å². The molecule has 1 atom stereocenters. The normalized spacial score (nSPS) is 16.6. The van der Waals surface area contributed by atoms with E-state index in [1.165, 1.54) is 0 Å². The van der Waals surface area contributed by atoms with E-state index < -0.39 is 0 Å². The molecular weight excluding hydrogens is 288 g/mol. The van der Waals surface area contributed by atoms with Crippen LogP contribution in [0.3, 0.4) is 0 Å². The number of para-hydroxylation sites is 1. The lowest BCUT2D eigenvalue weighted by Crippen LogP contribution is -2.44. The van der Waals surface area contributed by atoms with Crippen molar-refractivity contribution in [1.29, 1.82) is 0 Å². The summed E-state index contributed by atoms with van der Waals surface area (Å²) in [6, 6.07) is 10.0. The van der Waals surface area contributed by atoms with Gasteiger partial charge < -0.3 is 15.4 Å². The van der Waals surface area contributed by atoms with Crippen LogP contribution >= 0.6 is 12.4 Å². The van der Waals surface area contributed by atoms with Gasteiger partial charge in [0.05, 0.1) is 6.61 Å². The standard InChI is InChI=1S/C16H24N2O2.ClH/c1-13(9-12-20-15-5-3-2-4-6-15)16(19)18-14-7-10-17-11-8-14;/h2-6,13-14,17H,7-12H2,1H3,(H,18,19);1H. The Hall–Kier alpha value is -1.26. The van der Waals surface area contributed by atoms with Gasteiger partial charge in [0.2, 0.25) is 5.91 Å². The molecule has 1 aliphatic rings. The van der Waals surface area contributed by atoms with Crippen molar-refractivity contribution in [3.63, 3.8) is 0 Å². The molecule has 2 N–H and O–H groups in total. The van der Waals surface area contributed by atoms with Crippen molar-refractivity contribution in [2.24, 2.45) is 5.92 Å². The van der Waals surface area contributed by atoms with Crippen LogP contribution in [0, 0.1) is 5.92 Å². The van der Waals surface area contributed by atoms with E-state index in [2.05, 4.69) is 10.6 Å². The minimum atomic E-state index is -0.00593. The zero-order valence-corrected chi connectivity index (χ0v) is 13.3. The molecule has 2 rings (SSSR count). The number of amides is 1. The third-order valence-electron chi connectivity index (χ3n) is 3.70. The van der Waals surface area contributed by atoms with Crippen LogP contribution in [0.25, 0.3) is 0 Å². The molecule has 1 fully saturated rings. The maximum atomic E-state index is 12.1. The molecule has 118 valence electrons. The number of nitrogens with one attached hydrogen (secondary N) is 2. The SMILES string of the molecule is CC(CCOc1ccccc1)C(=O)NC1CCNCC1.Cl. The lowest BCUT2D eigenvalue weighted by Gasteiger charge is -2.25. The third-order valence-corrected chi connectivity index (χ3v) is 3.70. The lowest BCUT2D eigenvalue weighted by molar-refractivity contribution is -0.125. The number of hydrogen-bond acceptors (Lipinski definition) is 3. The number of rotatable bonds is 6. The Morgan fingerprint density at radius 1 is 1.33 bits per heavy atom. The summed E-state index contributed by atoms with van der Waals surface area (Å²) in [7, 11) is 0. The molecule has 0 saturated carbocycles. The van der Waals surface area contributed by atoms with Crippen molar-refractivity contribution in [2.45, 2.75) is 32.2 Å². The van der Waals surface area contributed by atoms with Crippen LogP contribution in [-0.4, -0.2) is 31.6 Å². The minimum absolute atomic E-state index is 0. The van der Waals surface area contributed by atoms with Crippen molar-refractivity contribution in [3.8, 4) is 5.75 Å². The first-order chi connectivity index (χ1) is 9.75. The van der Waals surface area contributed by atoms with Gasteiger partial charge >= 0.3 is 0 Å². The van der Waals surface area contributed by atoms with E-state index in [0.29, 0.717) is 12.6 Å². The highest BCUT2D eigenvalue weighted by molar-refractivity contribution is 5.85. The summed E-state index contributed by atoms with van der Waals surface area (Å²) in [4.78, 5) is 12.1. The van der Waals surface area contributed by atoms with Crippen molar-refractivity contribution in [3.05, 3.63) is 30.3 Å². The maximum absolute atomic E-state index is 12.1. The molecule has 1 aliphatic heterocycles. The maximum Gasteiger partial charge on any atom is 0.223 e. The molecule has 4 nitrogen and oxygen atoms in total. The Kier molecular flexibility index (Phi) is 8.16. The fraction of sp³-hybridized carbons (Fsp3) is 0.562. The number of hydrogen-bond donors (Lipinski definition) is 2. The fourth-order valence-corrected chi connectivity index (χ4v) is 2.31. The van der Waals surface area contributed by atoms with Crippen LogP contribution < -0.4 is 15.4 Å².